The van der Waals surface area contributed by atoms with Gasteiger partial charge in [-0.15, -0.1) is 0 Å². The Hall–Kier alpha value is -1.06. The predicted octanol–water partition coefficient (Wildman–Crippen LogP) is 5.17. The summed E-state index contributed by atoms with van der Waals surface area (Å²) in [5.41, 5.74) is 1.45. The van der Waals surface area contributed by atoms with Gasteiger partial charge < -0.3 is 14.6 Å². The van der Waals surface area contributed by atoms with Crippen LogP contribution < -0.4 is 4.74 Å². The van der Waals surface area contributed by atoms with E-state index in [1.807, 2.05) is 0 Å². The zero-order chi connectivity index (χ0) is 17.9. The van der Waals surface area contributed by atoms with Gasteiger partial charge in [0.05, 0.1) is 19.8 Å². The number of hydrogen-bond donors (Lipinski definition) is 1. The molecular formula is C22H36O3. The van der Waals surface area contributed by atoms with E-state index in [2.05, 4.69) is 31.2 Å². The lowest BCUT2D eigenvalue weighted by atomic mass is 9.77. The number of aliphatic hydroxyl groups excluding tert-OH is 1. The molecule has 0 radical (unpaired) electrons. The summed E-state index contributed by atoms with van der Waals surface area (Å²) in [5, 5.41) is 9.28. The lowest BCUT2D eigenvalue weighted by Gasteiger charge is -2.29. The molecule has 0 saturated heterocycles. The summed E-state index contributed by atoms with van der Waals surface area (Å²) >= 11 is 0. The van der Waals surface area contributed by atoms with Crippen molar-refractivity contribution in [2.24, 2.45) is 11.8 Å². The first kappa shape index (κ1) is 20.3. The number of benzene rings is 1. The van der Waals surface area contributed by atoms with Crippen LogP contribution in [0.15, 0.2) is 24.3 Å². The molecule has 0 bridgehead atoms. The number of rotatable bonds is 11. The van der Waals surface area contributed by atoms with Crippen LogP contribution in [0.4, 0.5) is 0 Å². The van der Waals surface area contributed by atoms with E-state index in [-0.39, 0.29) is 12.5 Å². The van der Waals surface area contributed by atoms with E-state index in [0.29, 0.717) is 13.2 Å². The lowest BCUT2D eigenvalue weighted by molar-refractivity contribution is 0.0781. The van der Waals surface area contributed by atoms with E-state index < -0.39 is 0 Å². The number of hydrogen-bond acceptors (Lipinski definition) is 3. The topological polar surface area (TPSA) is 38.7 Å². The van der Waals surface area contributed by atoms with E-state index >= 15 is 0 Å². The highest BCUT2D eigenvalue weighted by Crippen LogP contribution is 2.38. The van der Waals surface area contributed by atoms with Gasteiger partial charge in [-0.1, -0.05) is 44.7 Å². The molecular weight excluding hydrogens is 312 g/mol. The summed E-state index contributed by atoms with van der Waals surface area (Å²) in [4.78, 5) is 0. The van der Waals surface area contributed by atoms with Gasteiger partial charge >= 0.3 is 0 Å². The molecule has 3 nitrogen and oxygen atoms in total. The van der Waals surface area contributed by atoms with Gasteiger partial charge in [-0.2, -0.15) is 0 Å². The number of ether oxygens (including phenoxy) is 2. The second kappa shape index (κ2) is 11.5. The molecule has 2 rings (SSSR count). The predicted molar refractivity (Wildman–Crippen MR) is 103 cm³/mol. The molecule has 1 aromatic rings. The van der Waals surface area contributed by atoms with E-state index in [9.17, 15) is 5.11 Å². The Morgan fingerprint density at radius 2 is 1.76 bits per heavy atom. The van der Waals surface area contributed by atoms with Gasteiger partial charge in [0.1, 0.15) is 5.75 Å². The Balaban J connectivity index is 1.75. The Bertz CT molecular complexity index is 449. The molecule has 1 aromatic carbocycles. The molecule has 1 saturated carbocycles. The quantitative estimate of drug-likeness (QED) is 0.560. The molecule has 0 heterocycles. The van der Waals surface area contributed by atoms with Crippen molar-refractivity contribution in [2.45, 2.75) is 64.2 Å². The zero-order valence-electron chi connectivity index (χ0n) is 16.1. The van der Waals surface area contributed by atoms with Gasteiger partial charge in [-0.05, 0) is 55.2 Å². The summed E-state index contributed by atoms with van der Waals surface area (Å²) in [6.07, 6.45) is 11.0. The van der Waals surface area contributed by atoms with Crippen LogP contribution in [0, 0.1) is 11.8 Å². The first-order chi connectivity index (χ1) is 12.3. The molecule has 3 heteroatoms. The maximum absolute atomic E-state index is 9.28. The maximum atomic E-state index is 9.28. The monoisotopic (exact) mass is 348 g/mol. The largest absolute Gasteiger partial charge is 0.493 e. The van der Waals surface area contributed by atoms with Crippen molar-refractivity contribution in [3.63, 3.8) is 0 Å². The summed E-state index contributed by atoms with van der Waals surface area (Å²) in [7, 11) is 1.65. The highest BCUT2D eigenvalue weighted by molar-refractivity contribution is 5.29. The van der Waals surface area contributed by atoms with Gasteiger partial charge in [0.2, 0.25) is 0 Å². The van der Waals surface area contributed by atoms with Crippen LogP contribution in [0.2, 0.25) is 0 Å². The fourth-order valence-corrected chi connectivity index (χ4v) is 3.91. The minimum atomic E-state index is 0.0349. The average Bonchev–Trinajstić information content (AvgIpc) is 2.66. The van der Waals surface area contributed by atoms with Crippen LogP contribution in [-0.4, -0.2) is 32.0 Å². The van der Waals surface area contributed by atoms with E-state index in [1.54, 1.807) is 7.11 Å². The number of aliphatic hydroxyl groups is 1. The van der Waals surface area contributed by atoms with E-state index in [0.717, 1.165) is 17.6 Å². The Morgan fingerprint density at radius 1 is 1.04 bits per heavy atom. The molecule has 1 fully saturated rings. The molecule has 1 atom stereocenters. The molecule has 1 unspecified atom stereocenters. The minimum Gasteiger partial charge on any atom is -0.493 e. The average molecular weight is 349 g/mol. The highest BCUT2D eigenvalue weighted by atomic mass is 16.5. The van der Waals surface area contributed by atoms with Crippen LogP contribution >= 0.6 is 0 Å². The SMILES string of the molecule is CCCCCC1CCC(c2ccc(OCC(CO)COC)cc2)CC1. The summed E-state index contributed by atoms with van der Waals surface area (Å²) in [6, 6.07) is 8.59. The van der Waals surface area contributed by atoms with Gasteiger partial charge in [0.25, 0.3) is 0 Å². The smallest absolute Gasteiger partial charge is 0.119 e. The molecule has 142 valence electrons. The van der Waals surface area contributed by atoms with Gasteiger partial charge in [0, 0.05) is 13.0 Å². The molecule has 25 heavy (non-hydrogen) atoms. The first-order valence-electron chi connectivity index (χ1n) is 10.1. The molecule has 1 aliphatic carbocycles. The van der Waals surface area contributed by atoms with Crippen LogP contribution in [0.1, 0.15) is 69.8 Å². The Labute approximate surface area is 153 Å². The normalized spacial score (nSPS) is 21.9. The third-order valence-electron chi connectivity index (χ3n) is 5.56. The summed E-state index contributed by atoms with van der Waals surface area (Å²) < 4.78 is 10.9. The second-order valence-electron chi connectivity index (χ2n) is 7.60. The molecule has 0 spiro atoms. The first-order valence-corrected chi connectivity index (χ1v) is 10.1. The fraction of sp³-hybridized carbons (Fsp3) is 0.727. The van der Waals surface area contributed by atoms with Crippen molar-refractivity contribution in [3.8, 4) is 5.75 Å². The molecule has 1 N–H and O–H groups in total. The maximum Gasteiger partial charge on any atom is 0.119 e. The highest BCUT2D eigenvalue weighted by Gasteiger charge is 2.22. The molecule has 0 amide bonds. The van der Waals surface area contributed by atoms with Crippen molar-refractivity contribution < 1.29 is 14.6 Å². The van der Waals surface area contributed by atoms with Crippen LogP contribution in [0.3, 0.4) is 0 Å². The standard InChI is InChI=1S/C22H36O3/c1-3-4-5-6-18-7-9-20(10-8-18)21-11-13-22(14-12-21)25-17-19(15-23)16-24-2/h11-14,18-20,23H,3-10,15-17H2,1-2H3. The van der Waals surface area contributed by atoms with Crippen molar-refractivity contribution in [3.05, 3.63) is 29.8 Å². The molecule has 0 aliphatic heterocycles. The number of unbranched alkanes of at least 4 members (excludes halogenated alkanes) is 2. The van der Waals surface area contributed by atoms with E-state index in [4.69, 9.17) is 9.47 Å². The molecule has 1 aliphatic rings. The summed E-state index contributed by atoms with van der Waals surface area (Å²) in [6.45, 7) is 3.39. The lowest BCUT2D eigenvalue weighted by Crippen LogP contribution is -2.21. The minimum absolute atomic E-state index is 0.0349. The van der Waals surface area contributed by atoms with Gasteiger partial charge in [0.15, 0.2) is 0 Å². The fourth-order valence-electron chi connectivity index (χ4n) is 3.91. The third kappa shape index (κ3) is 6.99. The zero-order valence-corrected chi connectivity index (χ0v) is 16.1. The van der Waals surface area contributed by atoms with Crippen molar-refractivity contribution in [2.75, 3.05) is 26.9 Å². The molecule has 0 aromatic heterocycles. The van der Waals surface area contributed by atoms with Crippen molar-refractivity contribution >= 4 is 0 Å². The van der Waals surface area contributed by atoms with Crippen molar-refractivity contribution in [1.29, 1.82) is 0 Å². The number of methoxy groups -OCH3 is 1. The van der Waals surface area contributed by atoms with Crippen LogP contribution in [0.25, 0.3) is 0 Å². The van der Waals surface area contributed by atoms with Crippen LogP contribution in [-0.2, 0) is 4.74 Å². The Morgan fingerprint density at radius 3 is 2.36 bits per heavy atom. The summed E-state index contributed by atoms with van der Waals surface area (Å²) in [5.74, 6) is 2.59. The second-order valence-corrected chi connectivity index (χ2v) is 7.60. The Kier molecular flexibility index (Phi) is 9.35. The van der Waals surface area contributed by atoms with Crippen LogP contribution in [0.5, 0.6) is 5.75 Å². The van der Waals surface area contributed by atoms with E-state index in [1.165, 1.54) is 56.9 Å². The van der Waals surface area contributed by atoms with Crippen molar-refractivity contribution in [1.82, 2.24) is 0 Å². The third-order valence-corrected chi connectivity index (χ3v) is 5.56. The van der Waals surface area contributed by atoms with Gasteiger partial charge in [-0.3, -0.25) is 0 Å². The van der Waals surface area contributed by atoms with Gasteiger partial charge in [-0.25, -0.2) is 0 Å².